The van der Waals surface area contributed by atoms with Gasteiger partial charge in [0.25, 0.3) is 0 Å². The first-order valence-corrected chi connectivity index (χ1v) is 10.4. The molecule has 1 aromatic rings. The molecule has 146 valence electrons. The zero-order chi connectivity index (χ0) is 19.2. The van der Waals surface area contributed by atoms with Gasteiger partial charge in [-0.05, 0) is 51.3 Å². The average Bonchev–Trinajstić information content (AvgIpc) is 3.41. The van der Waals surface area contributed by atoms with Gasteiger partial charge in [-0.3, -0.25) is 0 Å². The van der Waals surface area contributed by atoms with Gasteiger partial charge >= 0.3 is 0 Å². The first kappa shape index (κ1) is 20.7. The minimum atomic E-state index is -3.41. The van der Waals surface area contributed by atoms with E-state index in [-0.39, 0.29) is 11.6 Å². The number of aliphatic imine (C=N–C) groups is 1. The van der Waals surface area contributed by atoms with Crippen LogP contribution in [0, 0.1) is 0 Å². The maximum atomic E-state index is 12.2. The third-order valence-corrected chi connectivity index (χ3v) is 5.67. The van der Waals surface area contributed by atoms with Crippen LogP contribution in [0.4, 0.5) is 0 Å². The van der Waals surface area contributed by atoms with E-state index >= 15 is 0 Å². The standard InChI is InChI=1S/C18H30N4O3S/c1-5-19-17(21-13-18(2,3)25-4)20-12-14-6-10-16(11-7-14)26(23,24)22-15-8-9-15/h6-7,10-11,15,22H,5,8-9,12-13H2,1-4H3,(H2,19,20,21). The molecule has 0 aromatic heterocycles. The SMILES string of the molecule is CCNC(=NCc1ccc(S(=O)(=O)NC2CC2)cc1)NCC(C)(C)OC. The normalized spacial score (nSPS) is 15.8. The number of rotatable bonds is 9. The van der Waals surface area contributed by atoms with Crippen molar-refractivity contribution in [3.8, 4) is 0 Å². The fourth-order valence-electron chi connectivity index (χ4n) is 2.14. The van der Waals surface area contributed by atoms with E-state index in [4.69, 9.17) is 4.74 Å². The fourth-order valence-corrected chi connectivity index (χ4v) is 3.45. The Hall–Kier alpha value is -1.64. The maximum absolute atomic E-state index is 12.2. The Kier molecular flexibility index (Phi) is 7.02. The average molecular weight is 383 g/mol. The smallest absolute Gasteiger partial charge is 0.240 e. The molecule has 0 atom stereocenters. The Morgan fingerprint density at radius 3 is 2.42 bits per heavy atom. The Bertz CT molecular complexity index is 710. The van der Waals surface area contributed by atoms with Crippen LogP contribution in [0.2, 0.25) is 0 Å². The number of benzene rings is 1. The second-order valence-electron chi connectivity index (χ2n) is 7.05. The quantitative estimate of drug-likeness (QED) is 0.446. The third kappa shape index (κ3) is 6.59. The summed E-state index contributed by atoms with van der Waals surface area (Å²) in [6.45, 7) is 7.84. The van der Waals surface area contributed by atoms with Gasteiger partial charge in [-0.2, -0.15) is 0 Å². The number of methoxy groups -OCH3 is 1. The first-order chi connectivity index (χ1) is 12.3. The molecule has 0 aliphatic heterocycles. The lowest BCUT2D eigenvalue weighted by Gasteiger charge is -2.24. The molecule has 7 nitrogen and oxygen atoms in total. The number of sulfonamides is 1. The van der Waals surface area contributed by atoms with Crippen molar-refractivity contribution < 1.29 is 13.2 Å². The highest BCUT2D eigenvalue weighted by Gasteiger charge is 2.27. The van der Waals surface area contributed by atoms with Crippen molar-refractivity contribution in [1.82, 2.24) is 15.4 Å². The van der Waals surface area contributed by atoms with Gasteiger partial charge in [0, 0.05) is 26.2 Å². The molecule has 0 spiro atoms. The van der Waals surface area contributed by atoms with Gasteiger partial charge < -0.3 is 15.4 Å². The molecule has 0 unspecified atom stereocenters. The Morgan fingerprint density at radius 2 is 1.88 bits per heavy atom. The Morgan fingerprint density at radius 1 is 1.23 bits per heavy atom. The molecule has 3 N–H and O–H groups in total. The first-order valence-electron chi connectivity index (χ1n) is 8.94. The summed E-state index contributed by atoms with van der Waals surface area (Å²) in [5, 5.41) is 6.45. The van der Waals surface area contributed by atoms with Crippen LogP contribution in [0.25, 0.3) is 0 Å². The fraction of sp³-hybridized carbons (Fsp3) is 0.611. The molecule has 8 heteroatoms. The number of guanidine groups is 1. The zero-order valence-corrected chi connectivity index (χ0v) is 16.8. The van der Waals surface area contributed by atoms with E-state index in [1.807, 2.05) is 20.8 Å². The molecule has 0 bridgehead atoms. The van der Waals surface area contributed by atoms with Crippen LogP contribution >= 0.6 is 0 Å². The molecule has 1 fully saturated rings. The van der Waals surface area contributed by atoms with E-state index in [1.54, 1.807) is 31.4 Å². The van der Waals surface area contributed by atoms with E-state index in [1.165, 1.54) is 0 Å². The van der Waals surface area contributed by atoms with Crippen LogP contribution in [0.5, 0.6) is 0 Å². The molecule has 1 aliphatic carbocycles. The van der Waals surface area contributed by atoms with Crippen molar-refractivity contribution in [3.05, 3.63) is 29.8 Å². The van der Waals surface area contributed by atoms with Crippen LogP contribution < -0.4 is 15.4 Å². The van der Waals surface area contributed by atoms with E-state index < -0.39 is 10.0 Å². The van der Waals surface area contributed by atoms with E-state index in [0.29, 0.717) is 23.9 Å². The molecule has 1 aliphatic rings. The Labute approximate surface area is 156 Å². The highest BCUT2D eigenvalue weighted by Crippen LogP contribution is 2.22. The van der Waals surface area contributed by atoms with Gasteiger partial charge in [-0.25, -0.2) is 18.1 Å². The lowest BCUT2D eigenvalue weighted by Crippen LogP contribution is -2.45. The van der Waals surface area contributed by atoms with E-state index in [0.717, 1.165) is 24.9 Å². The second-order valence-corrected chi connectivity index (χ2v) is 8.77. The van der Waals surface area contributed by atoms with Crippen molar-refractivity contribution in [2.75, 3.05) is 20.2 Å². The van der Waals surface area contributed by atoms with Crippen molar-refractivity contribution in [3.63, 3.8) is 0 Å². The molecule has 0 heterocycles. The summed E-state index contributed by atoms with van der Waals surface area (Å²) in [6.07, 6.45) is 1.85. The topological polar surface area (TPSA) is 91.8 Å². The minimum absolute atomic E-state index is 0.106. The van der Waals surface area contributed by atoms with Crippen LogP contribution in [-0.4, -0.2) is 46.2 Å². The second kappa shape index (κ2) is 8.83. The summed E-state index contributed by atoms with van der Waals surface area (Å²) in [6, 6.07) is 6.96. The van der Waals surface area contributed by atoms with Gasteiger partial charge in [0.1, 0.15) is 0 Å². The Balaban J connectivity index is 1.97. The van der Waals surface area contributed by atoms with Crippen LogP contribution in [-0.2, 0) is 21.3 Å². The predicted octanol–water partition coefficient (Wildman–Crippen LogP) is 1.61. The van der Waals surface area contributed by atoms with E-state index in [2.05, 4.69) is 20.3 Å². The zero-order valence-electron chi connectivity index (χ0n) is 16.0. The summed E-state index contributed by atoms with van der Waals surface area (Å²) in [4.78, 5) is 4.84. The van der Waals surface area contributed by atoms with Crippen LogP contribution in [0.1, 0.15) is 39.2 Å². The molecule has 1 aromatic carbocycles. The lowest BCUT2D eigenvalue weighted by molar-refractivity contribution is 0.0268. The van der Waals surface area contributed by atoms with Gasteiger partial charge in [0.05, 0.1) is 17.0 Å². The van der Waals surface area contributed by atoms with Crippen molar-refractivity contribution in [2.24, 2.45) is 4.99 Å². The largest absolute Gasteiger partial charge is 0.377 e. The summed E-state index contributed by atoms with van der Waals surface area (Å²) in [5.74, 6) is 0.699. The molecular formula is C18H30N4O3S. The lowest BCUT2D eigenvalue weighted by atomic mass is 10.1. The minimum Gasteiger partial charge on any atom is -0.377 e. The van der Waals surface area contributed by atoms with Crippen molar-refractivity contribution in [2.45, 2.75) is 56.7 Å². The molecule has 1 saturated carbocycles. The molecule has 0 saturated heterocycles. The van der Waals surface area contributed by atoms with Crippen molar-refractivity contribution in [1.29, 1.82) is 0 Å². The molecule has 26 heavy (non-hydrogen) atoms. The number of hydrogen-bond donors (Lipinski definition) is 3. The number of hydrogen-bond acceptors (Lipinski definition) is 4. The molecule has 0 radical (unpaired) electrons. The summed E-state index contributed by atoms with van der Waals surface area (Å²) in [7, 11) is -1.73. The predicted molar refractivity (Wildman–Crippen MR) is 104 cm³/mol. The molecule has 2 rings (SSSR count). The van der Waals surface area contributed by atoms with Crippen molar-refractivity contribution >= 4 is 16.0 Å². The number of ether oxygens (including phenoxy) is 1. The highest BCUT2D eigenvalue weighted by atomic mass is 32.2. The van der Waals surface area contributed by atoms with Crippen LogP contribution in [0.3, 0.4) is 0 Å². The van der Waals surface area contributed by atoms with Gasteiger partial charge in [0.15, 0.2) is 5.96 Å². The molecule has 0 amide bonds. The summed E-state index contributed by atoms with van der Waals surface area (Å²) in [5.41, 5.74) is 0.652. The van der Waals surface area contributed by atoms with Crippen LogP contribution in [0.15, 0.2) is 34.2 Å². The monoisotopic (exact) mass is 382 g/mol. The number of nitrogens with zero attached hydrogens (tertiary/aromatic N) is 1. The van der Waals surface area contributed by atoms with E-state index in [9.17, 15) is 8.42 Å². The van der Waals surface area contributed by atoms with Gasteiger partial charge in [-0.15, -0.1) is 0 Å². The summed E-state index contributed by atoms with van der Waals surface area (Å²) < 4.78 is 32.4. The summed E-state index contributed by atoms with van der Waals surface area (Å²) >= 11 is 0. The van der Waals surface area contributed by atoms with Gasteiger partial charge in [0.2, 0.25) is 10.0 Å². The third-order valence-electron chi connectivity index (χ3n) is 4.13. The van der Waals surface area contributed by atoms with Gasteiger partial charge in [-0.1, -0.05) is 12.1 Å². The highest BCUT2D eigenvalue weighted by molar-refractivity contribution is 7.89. The molecular weight excluding hydrogens is 352 g/mol. The number of nitrogens with one attached hydrogen (secondary N) is 3. The maximum Gasteiger partial charge on any atom is 0.240 e.